The van der Waals surface area contributed by atoms with Gasteiger partial charge >= 0.3 is 0 Å². The van der Waals surface area contributed by atoms with Crippen LogP contribution < -0.4 is 4.74 Å². The van der Waals surface area contributed by atoms with E-state index >= 15 is 0 Å². The molecule has 0 fully saturated rings. The van der Waals surface area contributed by atoms with E-state index in [-0.39, 0.29) is 16.5 Å². The Bertz CT molecular complexity index is 489. The van der Waals surface area contributed by atoms with E-state index in [0.29, 0.717) is 5.75 Å². The lowest BCUT2D eigenvalue weighted by molar-refractivity contribution is 0.178. The highest BCUT2D eigenvalue weighted by atomic mass is 35.5. The number of benzene rings is 1. The maximum atomic E-state index is 12.0. The lowest BCUT2D eigenvalue weighted by atomic mass is 10.3. The van der Waals surface area contributed by atoms with Gasteiger partial charge in [0.25, 0.3) is 0 Å². The maximum absolute atomic E-state index is 12.0. The molecule has 0 N–H and O–H groups in total. The zero-order valence-corrected chi connectivity index (χ0v) is 11.1. The van der Waals surface area contributed by atoms with Gasteiger partial charge < -0.3 is 4.74 Å². The standard InChI is InChI=1S/C10H13ClNO4S/c1-12(5-6-13)17(14,15)10-4-3-8(16-2)7-9(10)11/h3-4,7H,5-6H2,1-2H3. The van der Waals surface area contributed by atoms with Gasteiger partial charge in [-0.1, -0.05) is 11.6 Å². The highest BCUT2D eigenvalue weighted by molar-refractivity contribution is 7.89. The largest absolute Gasteiger partial charge is 0.497 e. The Kier molecular flexibility index (Phi) is 4.76. The average Bonchev–Trinajstić information content (AvgIpc) is 2.28. The summed E-state index contributed by atoms with van der Waals surface area (Å²) in [5.74, 6) is 0.473. The third-order valence-corrected chi connectivity index (χ3v) is 4.57. The van der Waals surface area contributed by atoms with Crippen molar-refractivity contribution in [3.8, 4) is 5.75 Å². The van der Waals surface area contributed by atoms with Crippen LogP contribution >= 0.6 is 11.6 Å². The van der Waals surface area contributed by atoms with Crippen molar-refractivity contribution in [2.45, 2.75) is 4.90 Å². The van der Waals surface area contributed by atoms with Crippen molar-refractivity contribution in [2.24, 2.45) is 0 Å². The monoisotopic (exact) mass is 278 g/mol. The second kappa shape index (κ2) is 5.68. The Morgan fingerprint density at radius 1 is 1.41 bits per heavy atom. The molecule has 0 atom stereocenters. The smallest absolute Gasteiger partial charge is 0.244 e. The fourth-order valence-electron chi connectivity index (χ4n) is 1.23. The van der Waals surface area contributed by atoms with Crippen LogP contribution in [0.5, 0.6) is 5.75 Å². The SMILES string of the molecule is COc1ccc(S(=O)(=O)N(C)CC[O])c(Cl)c1. The molecule has 0 bridgehead atoms. The topological polar surface area (TPSA) is 66.5 Å². The second-order valence-corrected chi connectivity index (χ2v) is 5.75. The zero-order valence-electron chi connectivity index (χ0n) is 9.51. The van der Waals surface area contributed by atoms with Crippen molar-refractivity contribution in [1.82, 2.24) is 4.31 Å². The summed E-state index contributed by atoms with van der Waals surface area (Å²) in [6.45, 7) is -0.589. The lowest BCUT2D eigenvalue weighted by Crippen LogP contribution is -2.29. The van der Waals surface area contributed by atoms with Crippen molar-refractivity contribution in [2.75, 3.05) is 27.3 Å². The first-order valence-corrected chi connectivity index (χ1v) is 6.63. The Balaban J connectivity index is 3.16. The number of sulfonamides is 1. The van der Waals surface area contributed by atoms with Gasteiger partial charge in [-0.25, -0.2) is 13.5 Å². The minimum Gasteiger partial charge on any atom is -0.497 e. The van der Waals surface area contributed by atoms with Crippen LogP contribution in [0.1, 0.15) is 0 Å². The number of ether oxygens (including phenoxy) is 1. The highest BCUT2D eigenvalue weighted by Gasteiger charge is 2.23. The van der Waals surface area contributed by atoms with Crippen LogP contribution in [-0.4, -0.2) is 40.0 Å². The fourth-order valence-corrected chi connectivity index (χ4v) is 2.89. The molecule has 0 aliphatic rings. The molecule has 0 heterocycles. The molecule has 1 rings (SSSR count). The van der Waals surface area contributed by atoms with E-state index in [9.17, 15) is 13.5 Å². The molecule has 1 aromatic carbocycles. The van der Waals surface area contributed by atoms with Crippen molar-refractivity contribution >= 4 is 21.6 Å². The normalized spacial score (nSPS) is 11.8. The van der Waals surface area contributed by atoms with Gasteiger partial charge in [0.15, 0.2) is 0 Å². The number of methoxy groups -OCH3 is 1. The summed E-state index contributed by atoms with van der Waals surface area (Å²) in [7, 11) is -0.908. The van der Waals surface area contributed by atoms with E-state index in [2.05, 4.69) is 0 Å². The molecular weight excluding hydrogens is 266 g/mol. The summed E-state index contributed by atoms with van der Waals surface area (Å²) in [5.41, 5.74) is 0. The fraction of sp³-hybridized carbons (Fsp3) is 0.400. The van der Waals surface area contributed by atoms with Crippen molar-refractivity contribution in [1.29, 1.82) is 0 Å². The minimum atomic E-state index is -3.71. The molecule has 0 aliphatic carbocycles. The van der Waals surface area contributed by atoms with Crippen LogP contribution in [0.25, 0.3) is 0 Å². The highest BCUT2D eigenvalue weighted by Crippen LogP contribution is 2.27. The summed E-state index contributed by atoms with van der Waals surface area (Å²) in [6.07, 6.45) is 0. The molecule has 1 radical (unpaired) electrons. The lowest BCUT2D eigenvalue weighted by Gasteiger charge is -2.16. The first kappa shape index (κ1) is 14.2. The number of hydrogen-bond acceptors (Lipinski definition) is 3. The second-order valence-electron chi connectivity index (χ2n) is 3.33. The average molecular weight is 279 g/mol. The van der Waals surface area contributed by atoms with Crippen LogP contribution in [0, 0.1) is 0 Å². The van der Waals surface area contributed by atoms with Crippen LogP contribution in [-0.2, 0) is 15.1 Å². The van der Waals surface area contributed by atoms with E-state index in [1.807, 2.05) is 0 Å². The Morgan fingerprint density at radius 3 is 2.53 bits per heavy atom. The first-order chi connectivity index (χ1) is 7.93. The molecule has 1 aromatic rings. The van der Waals surface area contributed by atoms with Crippen molar-refractivity contribution < 1.29 is 18.3 Å². The molecule has 5 nitrogen and oxygen atoms in total. The van der Waals surface area contributed by atoms with E-state index in [4.69, 9.17) is 16.3 Å². The van der Waals surface area contributed by atoms with Crippen molar-refractivity contribution in [3.63, 3.8) is 0 Å². The van der Waals surface area contributed by atoms with Gasteiger partial charge in [-0.15, -0.1) is 0 Å². The molecule has 0 amide bonds. The maximum Gasteiger partial charge on any atom is 0.244 e. The Labute approximate surface area is 106 Å². The van der Waals surface area contributed by atoms with Gasteiger partial charge in [-0.3, -0.25) is 0 Å². The quantitative estimate of drug-likeness (QED) is 0.818. The summed E-state index contributed by atoms with van der Waals surface area (Å²) >= 11 is 5.87. The Hall–Kier alpha value is -0.820. The molecule has 95 valence electrons. The molecule has 0 unspecified atom stereocenters. The number of hydrogen-bond donors (Lipinski definition) is 0. The van der Waals surface area contributed by atoms with Crippen LogP contribution in [0.15, 0.2) is 23.1 Å². The molecule has 0 aliphatic heterocycles. The molecular formula is C10H13ClNO4S. The number of halogens is 1. The predicted molar refractivity (Wildman–Crippen MR) is 63.4 cm³/mol. The van der Waals surface area contributed by atoms with Crippen LogP contribution in [0.3, 0.4) is 0 Å². The summed E-state index contributed by atoms with van der Waals surface area (Å²) in [5, 5.41) is 10.5. The van der Waals surface area contributed by atoms with Crippen LogP contribution in [0.4, 0.5) is 0 Å². The van der Waals surface area contributed by atoms with E-state index in [0.717, 1.165) is 4.31 Å². The first-order valence-electron chi connectivity index (χ1n) is 4.81. The van der Waals surface area contributed by atoms with Crippen molar-refractivity contribution in [3.05, 3.63) is 23.2 Å². The van der Waals surface area contributed by atoms with E-state index in [1.54, 1.807) is 0 Å². The van der Waals surface area contributed by atoms with Gasteiger partial charge in [0, 0.05) is 19.7 Å². The zero-order chi connectivity index (χ0) is 13.1. The summed E-state index contributed by atoms with van der Waals surface area (Å²) in [4.78, 5) is -0.0316. The Morgan fingerprint density at radius 2 is 2.06 bits per heavy atom. The summed E-state index contributed by atoms with van der Waals surface area (Å²) in [6, 6.07) is 4.28. The minimum absolute atomic E-state index is 0.0316. The molecule has 17 heavy (non-hydrogen) atoms. The summed E-state index contributed by atoms with van der Waals surface area (Å²) < 4.78 is 29.9. The number of nitrogens with zero attached hydrogens (tertiary/aromatic N) is 1. The third kappa shape index (κ3) is 3.10. The predicted octanol–water partition coefficient (Wildman–Crippen LogP) is 1.40. The van der Waals surface area contributed by atoms with E-state index in [1.165, 1.54) is 32.4 Å². The van der Waals surface area contributed by atoms with Gasteiger partial charge in [-0.05, 0) is 12.1 Å². The molecule has 7 heteroatoms. The van der Waals surface area contributed by atoms with Crippen LogP contribution in [0.2, 0.25) is 5.02 Å². The molecule has 0 saturated heterocycles. The molecule has 0 aromatic heterocycles. The number of likely N-dealkylation sites (N-methyl/N-ethyl adjacent to an activating group) is 1. The van der Waals surface area contributed by atoms with Gasteiger partial charge in [0.05, 0.1) is 18.7 Å². The van der Waals surface area contributed by atoms with Gasteiger partial charge in [0.2, 0.25) is 10.0 Å². The molecule has 0 saturated carbocycles. The van der Waals surface area contributed by atoms with Gasteiger partial charge in [0.1, 0.15) is 10.6 Å². The third-order valence-electron chi connectivity index (χ3n) is 2.23. The number of rotatable bonds is 5. The van der Waals surface area contributed by atoms with Gasteiger partial charge in [-0.2, -0.15) is 4.31 Å². The van der Waals surface area contributed by atoms with E-state index < -0.39 is 16.6 Å². The molecule has 0 spiro atoms.